The molecule has 1 aromatic carbocycles. The maximum atomic E-state index is 11.8. The lowest BCUT2D eigenvalue weighted by atomic mass is 10.1. The van der Waals surface area contributed by atoms with Crippen LogP contribution >= 0.6 is 0 Å². The van der Waals surface area contributed by atoms with Crippen molar-refractivity contribution in [1.82, 2.24) is 5.32 Å². The number of rotatable bonds is 3. The molecule has 1 aliphatic rings. The summed E-state index contributed by atoms with van der Waals surface area (Å²) in [6.07, 6.45) is 0.847. The van der Waals surface area contributed by atoms with E-state index in [0.717, 1.165) is 11.3 Å². The van der Waals surface area contributed by atoms with E-state index in [9.17, 15) is 9.59 Å². The molecule has 0 saturated carbocycles. The van der Waals surface area contributed by atoms with Gasteiger partial charge in [0.2, 0.25) is 11.8 Å². The second kappa shape index (κ2) is 5.73. The first kappa shape index (κ1) is 13.4. The molecular formula is C14H18N2O3. The molecular weight excluding hydrogens is 244 g/mol. The molecule has 2 amide bonds. The molecule has 0 aromatic heterocycles. The number of ether oxygens (including phenoxy) is 1. The first-order chi connectivity index (χ1) is 9.11. The lowest BCUT2D eigenvalue weighted by Crippen LogP contribution is -2.25. The van der Waals surface area contributed by atoms with Crippen LogP contribution < -0.4 is 15.0 Å². The molecule has 2 rings (SSSR count). The van der Waals surface area contributed by atoms with Crippen LogP contribution in [0.4, 0.5) is 5.69 Å². The summed E-state index contributed by atoms with van der Waals surface area (Å²) in [5.74, 6) is 0.753. The van der Waals surface area contributed by atoms with Crippen molar-refractivity contribution in [2.75, 3.05) is 18.6 Å². The van der Waals surface area contributed by atoms with Gasteiger partial charge in [0.05, 0.1) is 18.7 Å². The lowest BCUT2D eigenvalue weighted by Gasteiger charge is -2.17. The van der Waals surface area contributed by atoms with Crippen LogP contribution in [0.25, 0.3) is 0 Å². The Morgan fingerprint density at radius 3 is 3.00 bits per heavy atom. The van der Waals surface area contributed by atoms with Crippen molar-refractivity contribution in [1.29, 1.82) is 0 Å². The summed E-state index contributed by atoms with van der Waals surface area (Å²) < 4.78 is 5.54. The summed E-state index contributed by atoms with van der Waals surface area (Å²) in [7, 11) is 1.74. The van der Waals surface area contributed by atoms with E-state index in [2.05, 4.69) is 5.32 Å². The Morgan fingerprint density at radius 2 is 2.26 bits per heavy atom. The molecule has 0 bridgehead atoms. The summed E-state index contributed by atoms with van der Waals surface area (Å²) in [5, 5.41) is 2.81. The summed E-state index contributed by atoms with van der Waals surface area (Å²) >= 11 is 0. The average molecular weight is 262 g/mol. The quantitative estimate of drug-likeness (QED) is 0.897. The van der Waals surface area contributed by atoms with E-state index in [1.807, 2.05) is 25.1 Å². The summed E-state index contributed by atoms with van der Waals surface area (Å²) in [6.45, 7) is 2.68. The maximum absolute atomic E-state index is 11.8. The molecule has 5 nitrogen and oxygen atoms in total. The van der Waals surface area contributed by atoms with E-state index < -0.39 is 0 Å². The van der Waals surface area contributed by atoms with E-state index in [-0.39, 0.29) is 11.8 Å². The van der Waals surface area contributed by atoms with Gasteiger partial charge in [0, 0.05) is 20.0 Å². The fourth-order valence-electron chi connectivity index (χ4n) is 1.93. The van der Waals surface area contributed by atoms with Crippen LogP contribution in [0, 0.1) is 0 Å². The smallest absolute Gasteiger partial charge is 0.230 e. The average Bonchev–Trinajstić information content (AvgIpc) is 2.57. The third kappa shape index (κ3) is 3.05. The first-order valence-electron chi connectivity index (χ1n) is 6.40. The molecule has 0 atom stereocenters. The van der Waals surface area contributed by atoms with Crippen molar-refractivity contribution < 1.29 is 14.3 Å². The van der Waals surface area contributed by atoms with Gasteiger partial charge in [-0.2, -0.15) is 0 Å². The van der Waals surface area contributed by atoms with E-state index in [4.69, 9.17) is 4.74 Å². The van der Waals surface area contributed by atoms with Crippen LogP contribution in [0.5, 0.6) is 5.75 Å². The zero-order valence-corrected chi connectivity index (χ0v) is 11.2. The Kier molecular flexibility index (Phi) is 4.04. The second-order valence-electron chi connectivity index (χ2n) is 4.48. The highest BCUT2D eigenvalue weighted by atomic mass is 16.5. The highest BCUT2D eigenvalue weighted by Crippen LogP contribution is 2.31. The van der Waals surface area contributed by atoms with Gasteiger partial charge in [0.15, 0.2) is 0 Å². The predicted molar refractivity (Wildman–Crippen MR) is 72.1 cm³/mol. The first-order valence-corrected chi connectivity index (χ1v) is 6.40. The van der Waals surface area contributed by atoms with Crippen molar-refractivity contribution in [3.05, 3.63) is 23.8 Å². The van der Waals surface area contributed by atoms with Gasteiger partial charge in [-0.05, 0) is 17.7 Å². The minimum absolute atomic E-state index is 0.00984. The molecule has 1 heterocycles. The van der Waals surface area contributed by atoms with Crippen molar-refractivity contribution in [3.8, 4) is 5.75 Å². The summed E-state index contributed by atoms with van der Waals surface area (Å²) in [4.78, 5) is 24.6. The predicted octanol–water partition coefficient (Wildman–Crippen LogP) is 1.46. The van der Waals surface area contributed by atoms with Gasteiger partial charge < -0.3 is 15.0 Å². The monoisotopic (exact) mass is 262 g/mol. The topological polar surface area (TPSA) is 58.6 Å². The highest BCUT2D eigenvalue weighted by Gasteiger charge is 2.20. The van der Waals surface area contributed by atoms with Gasteiger partial charge in [-0.25, -0.2) is 0 Å². The number of nitrogens with one attached hydrogen (secondary N) is 1. The van der Waals surface area contributed by atoms with Crippen LogP contribution in [0.3, 0.4) is 0 Å². The Hall–Kier alpha value is -2.04. The van der Waals surface area contributed by atoms with Crippen molar-refractivity contribution >= 4 is 17.5 Å². The van der Waals surface area contributed by atoms with E-state index >= 15 is 0 Å². The molecule has 0 radical (unpaired) electrons. The normalized spacial score (nSPS) is 14.4. The fraction of sp³-hybridized carbons (Fsp3) is 0.429. The molecule has 5 heteroatoms. The molecule has 1 aliphatic heterocycles. The molecule has 102 valence electrons. The van der Waals surface area contributed by atoms with Gasteiger partial charge >= 0.3 is 0 Å². The van der Waals surface area contributed by atoms with Gasteiger partial charge in [0.25, 0.3) is 0 Å². The Balaban J connectivity index is 2.19. The number of carbonyl (C=O) groups is 2. The van der Waals surface area contributed by atoms with Crippen LogP contribution in [-0.2, 0) is 16.1 Å². The largest absolute Gasteiger partial charge is 0.491 e. The number of benzene rings is 1. The fourth-order valence-corrected chi connectivity index (χ4v) is 1.93. The lowest BCUT2D eigenvalue weighted by molar-refractivity contribution is -0.121. The number of hydrogen-bond donors (Lipinski definition) is 1. The van der Waals surface area contributed by atoms with Crippen molar-refractivity contribution in [2.45, 2.75) is 26.3 Å². The number of hydrogen-bond acceptors (Lipinski definition) is 3. The van der Waals surface area contributed by atoms with Gasteiger partial charge in [-0.1, -0.05) is 13.0 Å². The number of carbonyl (C=O) groups excluding carboxylic acids is 2. The molecule has 0 unspecified atom stereocenters. The van der Waals surface area contributed by atoms with Crippen molar-refractivity contribution in [3.63, 3.8) is 0 Å². The molecule has 0 saturated heterocycles. The van der Waals surface area contributed by atoms with E-state index in [1.165, 1.54) is 0 Å². The molecule has 1 aromatic rings. The second-order valence-corrected chi connectivity index (χ2v) is 4.48. The summed E-state index contributed by atoms with van der Waals surface area (Å²) in [5.41, 5.74) is 1.71. The zero-order valence-electron chi connectivity index (χ0n) is 11.2. The minimum Gasteiger partial charge on any atom is -0.491 e. The van der Waals surface area contributed by atoms with Gasteiger partial charge in [-0.15, -0.1) is 0 Å². The summed E-state index contributed by atoms with van der Waals surface area (Å²) in [6, 6.07) is 5.63. The SMILES string of the molecule is CCC(=O)NCc1ccc2c(c1)N(C)C(=O)CCO2. The zero-order chi connectivity index (χ0) is 13.8. The number of fused-ring (bicyclic) bond motifs is 1. The van der Waals surface area contributed by atoms with E-state index in [0.29, 0.717) is 31.7 Å². The number of nitrogens with zero attached hydrogens (tertiary/aromatic N) is 1. The van der Waals surface area contributed by atoms with Crippen LogP contribution in [-0.4, -0.2) is 25.5 Å². The highest BCUT2D eigenvalue weighted by molar-refractivity contribution is 5.95. The standard InChI is InChI=1S/C14H18N2O3/c1-3-13(17)15-9-10-4-5-12-11(8-10)16(2)14(18)6-7-19-12/h4-5,8H,3,6-7,9H2,1-2H3,(H,15,17). The molecule has 19 heavy (non-hydrogen) atoms. The van der Waals surface area contributed by atoms with E-state index in [1.54, 1.807) is 11.9 Å². The Labute approximate surface area is 112 Å². The maximum Gasteiger partial charge on any atom is 0.230 e. The van der Waals surface area contributed by atoms with Crippen LogP contribution in [0.1, 0.15) is 25.3 Å². The molecule has 0 spiro atoms. The van der Waals surface area contributed by atoms with Gasteiger partial charge in [0.1, 0.15) is 5.75 Å². The Bertz CT molecular complexity index is 499. The van der Waals surface area contributed by atoms with Gasteiger partial charge in [-0.3, -0.25) is 9.59 Å². The molecule has 0 aliphatic carbocycles. The number of amides is 2. The molecule has 0 fully saturated rings. The minimum atomic E-state index is 0.00984. The Morgan fingerprint density at radius 1 is 1.47 bits per heavy atom. The van der Waals surface area contributed by atoms with Crippen LogP contribution in [0.2, 0.25) is 0 Å². The third-order valence-electron chi connectivity index (χ3n) is 3.14. The van der Waals surface area contributed by atoms with Crippen molar-refractivity contribution in [2.24, 2.45) is 0 Å². The van der Waals surface area contributed by atoms with Crippen LogP contribution in [0.15, 0.2) is 18.2 Å². The number of anilines is 1. The molecule has 1 N–H and O–H groups in total. The third-order valence-corrected chi connectivity index (χ3v) is 3.14.